The lowest BCUT2D eigenvalue weighted by Crippen LogP contribution is -2.36. The molecule has 0 aliphatic heterocycles. The molecule has 0 spiro atoms. The Hall–Kier alpha value is -0.240. The van der Waals surface area contributed by atoms with E-state index in [1.165, 1.54) is 14.2 Å². The largest absolute Gasteiger partial charge is 0.382 e. The van der Waals surface area contributed by atoms with Crippen LogP contribution in [0.3, 0.4) is 0 Å². The van der Waals surface area contributed by atoms with E-state index in [4.69, 9.17) is 28.4 Å². The van der Waals surface area contributed by atoms with Gasteiger partial charge >= 0.3 is 0 Å². The SMILES string of the molecule is C.C.C.C.COCCOC(OC)C(OC)OCCOC. The lowest BCUT2D eigenvalue weighted by molar-refractivity contribution is -0.274. The van der Waals surface area contributed by atoms with Gasteiger partial charge in [-0.05, 0) is 0 Å². The lowest BCUT2D eigenvalue weighted by Gasteiger charge is -2.24. The van der Waals surface area contributed by atoms with Gasteiger partial charge in [-0.25, -0.2) is 0 Å². The summed E-state index contributed by atoms with van der Waals surface area (Å²) in [5, 5.41) is 0. The highest BCUT2D eigenvalue weighted by Crippen LogP contribution is 2.06. The second-order valence-corrected chi connectivity index (χ2v) is 2.94. The van der Waals surface area contributed by atoms with E-state index in [2.05, 4.69) is 0 Å². The third-order valence-electron chi connectivity index (χ3n) is 1.83. The lowest BCUT2D eigenvalue weighted by atomic mass is 10.5. The summed E-state index contributed by atoms with van der Waals surface area (Å²) in [6, 6.07) is 0. The maximum atomic E-state index is 5.38. The first-order valence-corrected chi connectivity index (χ1v) is 5.06. The molecule has 0 aromatic rings. The molecule has 0 aliphatic carbocycles. The molecule has 2 unspecified atom stereocenters. The Balaban J connectivity index is -0.000000187. The van der Waals surface area contributed by atoms with E-state index in [1.807, 2.05) is 0 Å². The molecule has 0 aromatic carbocycles. The summed E-state index contributed by atoms with van der Waals surface area (Å²) in [5.74, 6) is 0. The number of methoxy groups -OCH3 is 4. The Labute approximate surface area is 126 Å². The van der Waals surface area contributed by atoms with Crippen LogP contribution in [0.4, 0.5) is 0 Å². The van der Waals surface area contributed by atoms with Crippen molar-refractivity contribution in [3.8, 4) is 0 Å². The maximum Gasteiger partial charge on any atom is 0.209 e. The molecule has 0 heterocycles. The molecule has 2 atom stereocenters. The van der Waals surface area contributed by atoms with E-state index in [-0.39, 0.29) is 29.7 Å². The molecule has 20 heavy (non-hydrogen) atoms. The third kappa shape index (κ3) is 15.8. The summed E-state index contributed by atoms with van der Waals surface area (Å²) in [7, 11) is 6.27. The molecule has 0 fully saturated rings. The summed E-state index contributed by atoms with van der Waals surface area (Å²) >= 11 is 0. The molecule has 130 valence electrons. The van der Waals surface area contributed by atoms with Gasteiger partial charge in [-0.1, -0.05) is 29.7 Å². The third-order valence-corrected chi connectivity index (χ3v) is 1.83. The molecule has 0 aromatic heterocycles. The van der Waals surface area contributed by atoms with Crippen molar-refractivity contribution in [2.45, 2.75) is 42.3 Å². The van der Waals surface area contributed by atoms with Gasteiger partial charge in [-0.2, -0.15) is 0 Å². The van der Waals surface area contributed by atoms with Gasteiger partial charge in [-0.15, -0.1) is 0 Å². The molecular weight excluding hydrogens is 264 g/mol. The Kier molecular flexibility index (Phi) is 38.0. The van der Waals surface area contributed by atoms with Crippen LogP contribution in [0.25, 0.3) is 0 Å². The van der Waals surface area contributed by atoms with Crippen LogP contribution in [0.15, 0.2) is 0 Å². The van der Waals surface area contributed by atoms with Gasteiger partial charge in [0.15, 0.2) is 0 Å². The normalized spacial score (nSPS) is 12.0. The maximum absolute atomic E-state index is 5.38. The molecule has 0 amide bonds. The molecule has 0 radical (unpaired) electrons. The molecule has 0 bridgehead atoms. The van der Waals surface area contributed by atoms with Gasteiger partial charge < -0.3 is 28.4 Å². The van der Waals surface area contributed by atoms with Crippen LogP contribution in [-0.2, 0) is 28.4 Å². The Morgan fingerprint density at radius 3 is 1.05 bits per heavy atom. The van der Waals surface area contributed by atoms with Crippen molar-refractivity contribution < 1.29 is 28.4 Å². The fourth-order valence-corrected chi connectivity index (χ4v) is 1.01. The Morgan fingerprint density at radius 1 is 0.550 bits per heavy atom. The summed E-state index contributed by atoms with van der Waals surface area (Å²) in [4.78, 5) is 0. The summed E-state index contributed by atoms with van der Waals surface area (Å²) in [5.41, 5.74) is 0. The fraction of sp³-hybridized carbons (Fsp3) is 1.00. The topological polar surface area (TPSA) is 55.4 Å². The van der Waals surface area contributed by atoms with Gasteiger partial charge in [-0.3, -0.25) is 0 Å². The fourth-order valence-electron chi connectivity index (χ4n) is 1.01. The second kappa shape index (κ2) is 23.8. The highest BCUT2D eigenvalue weighted by atomic mass is 16.8. The van der Waals surface area contributed by atoms with Crippen molar-refractivity contribution in [1.29, 1.82) is 0 Å². The molecule has 6 nitrogen and oxygen atoms in total. The second-order valence-electron chi connectivity index (χ2n) is 2.94. The van der Waals surface area contributed by atoms with Crippen molar-refractivity contribution in [3.05, 3.63) is 0 Å². The number of hydrogen-bond donors (Lipinski definition) is 0. The zero-order valence-electron chi connectivity index (χ0n) is 10.4. The van der Waals surface area contributed by atoms with Gasteiger partial charge in [0.2, 0.25) is 12.6 Å². The van der Waals surface area contributed by atoms with E-state index in [1.54, 1.807) is 14.2 Å². The van der Waals surface area contributed by atoms with Crippen LogP contribution < -0.4 is 0 Å². The molecule has 0 saturated heterocycles. The highest BCUT2D eigenvalue weighted by molar-refractivity contribution is 4.50. The molecule has 0 saturated carbocycles. The van der Waals surface area contributed by atoms with Gasteiger partial charge in [0, 0.05) is 28.4 Å². The predicted octanol–water partition coefficient (Wildman–Crippen LogP) is 2.80. The summed E-state index contributed by atoms with van der Waals surface area (Å²) in [6.07, 6.45) is -1.14. The van der Waals surface area contributed by atoms with Gasteiger partial charge in [0.25, 0.3) is 0 Å². The van der Waals surface area contributed by atoms with Crippen molar-refractivity contribution in [1.82, 2.24) is 0 Å². The Bertz CT molecular complexity index is 130. The van der Waals surface area contributed by atoms with E-state index < -0.39 is 12.6 Å². The van der Waals surface area contributed by atoms with Crippen molar-refractivity contribution in [3.63, 3.8) is 0 Å². The van der Waals surface area contributed by atoms with Gasteiger partial charge in [0.05, 0.1) is 26.4 Å². The molecular formula is C14H38O6. The first-order chi connectivity index (χ1) is 7.79. The van der Waals surface area contributed by atoms with Crippen LogP contribution in [0.5, 0.6) is 0 Å². The monoisotopic (exact) mass is 302 g/mol. The highest BCUT2D eigenvalue weighted by Gasteiger charge is 2.22. The first kappa shape index (κ1) is 31.9. The number of ether oxygens (including phenoxy) is 6. The van der Waals surface area contributed by atoms with E-state index in [9.17, 15) is 0 Å². The molecule has 6 heteroatoms. The molecule has 0 aliphatic rings. The van der Waals surface area contributed by atoms with Crippen LogP contribution in [0, 0.1) is 0 Å². The molecule has 0 N–H and O–H groups in total. The summed E-state index contributed by atoms with van der Waals surface area (Å²) in [6.45, 7) is 1.83. The zero-order chi connectivity index (χ0) is 12.2. The predicted molar refractivity (Wildman–Crippen MR) is 84.2 cm³/mol. The minimum absolute atomic E-state index is 0. The van der Waals surface area contributed by atoms with Crippen molar-refractivity contribution >= 4 is 0 Å². The number of rotatable bonds is 11. The quantitative estimate of drug-likeness (QED) is 0.432. The average molecular weight is 302 g/mol. The summed E-state index contributed by atoms with van der Waals surface area (Å²) < 4.78 is 30.7. The first-order valence-electron chi connectivity index (χ1n) is 5.06. The van der Waals surface area contributed by atoms with E-state index in [0.29, 0.717) is 26.4 Å². The van der Waals surface area contributed by atoms with Gasteiger partial charge in [0.1, 0.15) is 0 Å². The smallest absolute Gasteiger partial charge is 0.209 e. The van der Waals surface area contributed by atoms with Crippen molar-refractivity contribution in [2.24, 2.45) is 0 Å². The van der Waals surface area contributed by atoms with Crippen molar-refractivity contribution in [2.75, 3.05) is 54.9 Å². The van der Waals surface area contributed by atoms with Crippen LogP contribution in [0.1, 0.15) is 29.7 Å². The van der Waals surface area contributed by atoms with Crippen LogP contribution >= 0.6 is 0 Å². The average Bonchev–Trinajstić information content (AvgIpc) is 2.31. The number of hydrogen-bond acceptors (Lipinski definition) is 6. The minimum Gasteiger partial charge on any atom is -0.382 e. The standard InChI is InChI=1S/C10H22O6.4CH4/c1-11-5-7-15-9(13-3)10(14-4)16-8-6-12-2;;;;/h9-10H,5-8H2,1-4H3;4*1H4. The van der Waals surface area contributed by atoms with Crippen LogP contribution in [-0.4, -0.2) is 67.4 Å². The van der Waals surface area contributed by atoms with E-state index in [0.717, 1.165) is 0 Å². The molecule has 0 rings (SSSR count). The van der Waals surface area contributed by atoms with E-state index >= 15 is 0 Å². The minimum atomic E-state index is -0.572. The van der Waals surface area contributed by atoms with Crippen LogP contribution in [0.2, 0.25) is 0 Å². The Morgan fingerprint density at radius 2 is 0.850 bits per heavy atom. The zero-order valence-corrected chi connectivity index (χ0v) is 10.4.